The molecule has 45 heavy (non-hydrogen) atoms. The number of amides is 3. The molecule has 0 saturated carbocycles. The molecule has 2 aromatic rings. The third kappa shape index (κ3) is 6.33. The van der Waals surface area contributed by atoms with Crippen LogP contribution in [0.15, 0.2) is 79.9 Å². The molecule has 2 aromatic carbocycles. The number of halogens is 1. The van der Waals surface area contributed by atoms with Crippen molar-refractivity contribution >= 4 is 51.1 Å². The van der Waals surface area contributed by atoms with Crippen LogP contribution in [0.25, 0.3) is 0 Å². The fraction of sp³-hybridized carbons (Fsp3) is 0.457. The van der Waals surface area contributed by atoms with Crippen LogP contribution in [-0.4, -0.2) is 86.8 Å². The lowest BCUT2D eigenvalue weighted by Crippen LogP contribution is -2.56. The van der Waals surface area contributed by atoms with Crippen molar-refractivity contribution in [3.8, 4) is 5.75 Å². The smallest absolute Gasteiger partial charge is 0.251 e. The van der Waals surface area contributed by atoms with Gasteiger partial charge in [0.25, 0.3) is 5.91 Å². The van der Waals surface area contributed by atoms with Gasteiger partial charge in [-0.25, -0.2) is 0 Å². The van der Waals surface area contributed by atoms with Crippen molar-refractivity contribution in [2.45, 2.75) is 53.1 Å². The summed E-state index contributed by atoms with van der Waals surface area (Å²) in [6.45, 7) is 9.32. The van der Waals surface area contributed by atoms with E-state index in [1.165, 1.54) is 0 Å². The van der Waals surface area contributed by atoms with Crippen LogP contribution in [0.4, 0.5) is 5.69 Å². The number of nitrogens with zero attached hydrogens (tertiary/aromatic N) is 3. The first-order valence-corrected chi connectivity index (χ1v) is 17.3. The number of hydrogen-bond donors (Lipinski definition) is 1. The molecule has 0 aromatic heterocycles. The first kappa shape index (κ1) is 33.3. The zero-order valence-corrected chi connectivity index (χ0v) is 28.1. The normalized spacial score (nSPS) is 26.4. The maximum atomic E-state index is 14.8. The van der Waals surface area contributed by atoms with Crippen LogP contribution >= 0.6 is 27.7 Å². The Morgan fingerprint density at radius 1 is 1.07 bits per heavy atom. The van der Waals surface area contributed by atoms with E-state index in [1.54, 1.807) is 45.7 Å². The number of anilines is 1. The molecule has 3 aliphatic heterocycles. The summed E-state index contributed by atoms with van der Waals surface area (Å²) >= 11 is 5.53. The quantitative estimate of drug-likeness (QED) is 0.159. The van der Waals surface area contributed by atoms with Gasteiger partial charge >= 0.3 is 0 Å². The van der Waals surface area contributed by atoms with Crippen LogP contribution in [0.2, 0.25) is 0 Å². The highest BCUT2D eigenvalue weighted by molar-refractivity contribution is 9.09. The molecule has 3 unspecified atom stereocenters. The number of aliphatic hydroxyl groups is 1. The van der Waals surface area contributed by atoms with Gasteiger partial charge in [0.05, 0.1) is 23.7 Å². The molecule has 2 bridgehead atoms. The van der Waals surface area contributed by atoms with E-state index < -0.39 is 22.6 Å². The van der Waals surface area contributed by atoms with Gasteiger partial charge in [-0.15, -0.1) is 24.9 Å². The second-order valence-electron chi connectivity index (χ2n) is 11.9. The molecular formula is C35H42BrN3O5S. The number of thioether (sulfide) groups is 1. The van der Waals surface area contributed by atoms with Crippen LogP contribution < -0.4 is 9.64 Å². The summed E-state index contributed by atoms with van der Waals surface area (Å²) in [5.41, 5.74) is 1.69. The molecule has 6 atom stereocenters. The van der Waals surface area contributed by atoms with Crippen molar-refractivity contribution in [1.29, 1.82) is 0 Å². The summed E-state index contributed by atoms with van der Waals surface area (Å²) < 4.78 is 4.57. The number of fused-ring (bicyclic) bond motifs is 1. The summed E-state index contributed by atoms with van der Waals surface area (Å²) in [5, 5.41) is 9.23. The fourth-order valence-corrected chi connectivity index (χ4v) is 10.9. The Balaban J connectivity index is 1.53. The zero-order valence-electron chi connectivity index (χ0n) is 25.7. The predicted octanol–water partition coefficient (Wildman–Crippen LogP) is 5.06. The van der Waals surface area contributed by atoms with Gasteiger partial charge in [0, 0.05) is 48.6 Å². The zero-order chi connectivity index (χ0) is 32.1. The van der Waals surface area contributed by atoms with E-state index in [9.17, 15) is 19.5 Å². The average molecular weight is 697 g/mol. The van der Waals surface area contributed by atoms with Crippen molar-refractivity contribution < 1.29 is 24.2 Å². The molecule has 1 N–H and O–H groups in total. The predicted molar refractivity (Wildman–Crippen MR) is 182 cm³/mol. The van der Waals surface area contributed by atoms with Crippen molar-refractivity contribution in [1.82, 2.24) is 9.80 Å². The molecule has 8 nitrogen and oxygen atoms in total. The summed E-state index contributed by atoms with van der Waals surface area (Å²) in [5.74, 6) is -0.894. The monoisotopic (exact) mass is 695 g/mol. The number of ether oxygens (including phenoxy) is 1. The van der Waals surface area contributed by atoms with Gasteiger partial charge in [0.2, 0.25) is 11.8 Å². The molecule has 3 fully saturated rings. The Bertz CT molecular complexity index is 1390. The Kier molecular flexibility index (Phi) is 10.8. The van der Waals surface area contributed by atoms with E-state index in [1.807, 2.05) is 54.6 Å². The van der Waals surface area contributed by atoms with E-state index in [4.69, 9.17) is 4.74 Å². The Morgan fingerprint density at radius 2 is 1.78 bits per heavy atom. The molecular weight excluding hydrogens is 654 g/mol. The van der Waals surface area contributed by atoms with Crippen molar-refractivity contribution in [2.24, 2.45) is 11.8 Å². The van der Waals surface area contributed by atoms with Gasteiger partial charge in [-0.05, 0) is 55.5 Å². The Morgan fingerprint density at radius 3 is 2.42 bits per heavy atom. The highest BCUT2D eigenvalue weighted by atomic mass is 79.9. The van der Waals surface area contributed by atoms with Crippen LogP contribution in [-0.2, 0) is 20.9 Å². The lowest BCUT2D eigenvalue weighted by molar-refractivity contribution is -0.144. The number of carbonyl (C=O) groups is 3. The number of unbranched alkanes of at least 4 members (excludes halogenated alkanes) is 2. The number of hydrogen-bond acceptors (Lipinski definition) is 6. The van der Waals surface area contributed by atoms with Crippen LogP contribution in [0, 0.1) is 11.8 Å². The molecule has 3 saturated heterocycles. The topological polar surface area (TPSA) is 90.4 Å². The Hall–Kier alpha value is -3.08. The van der Waals surface area contributed by atoms with Gasteiger partial charge in [-0.2, -0.15) is 0 Å². The maximum absolute atomic E-state index is 14.8. The Labute approximate surface area is 278 Å². The van der Waals surface area contributed by atoms with Crippen molar-refractivity contribution in [3.63, 3.8) is 0 Å². The lowest BCUT2D eigenvalue weighted by Gasteiger charge is -2.38. The fourth-order valence-electron chi connectivity index (χ4n) is 7.27. The summed E-state index contributed by atoms with van der Waals surface area (Å²) in [7, 11) is 1.60. The molecule has 3 aliphatic rings. The first-order valence-electron chi connectivity index (χ1n) is 15.5. The summed E-state index contributed by atoms with van der Waals surface area (Å²) in [4.78, 5) is 49.0. The first-order chi connectivity index (χ1) is 21.8. The minimum atomic E-state index is -0.761. The SMILES string of the molecule is C=CCN(Cc1ccccc1)C(=O)[C@H]1[C@@H]2SC3(CC2Br)C(C(=O)N(CC=C)c2ccc(OC)cc2)N(CCCCCO)C(=O)[C@H]13. The summed E-state index contributed by atoms with van der Waals surface area (Å²) in [6, 6.07) is 16.4. The highest BCUT2D eigenvalue weighted by Gasteiger charge is 2.76. The van der Waals surface area contributed by atoms with Gasteiger partial charge in [0.15, 0.2) is 0 Å². The molecule has 3 heterocycles. The summed E-state index contributed by atoms with van der Waals surface area (Å²) in [6.07, 6.45) is 6.04. The molecule has 5 rings (SSSR count). The largest absolute Gasteiger partial charge is 0.497 e. The third-order valence-corrected chi connectivity index (χ3v) is 12.4. The van der Waals surface area contributed by atoms with E-state index in [0.29, 0.717) is 50.3 Å². The van der Waals surface area contributed by atoms with Crippen LogP contribution in [0.1, 0.15) is 31.2 Å². The van der Waals surface area contributed by atoms with Crippen LogP contribution in [0.3, 0.4) is 0 Å². The van der Waals surface area contributed by atoms with E-state index in [2.05, 4.69) is 29.1 Å². The minimum absolute atomic E-state index is 0.0266. The molecule has 3 amide bonds. The van der Waals surface area contributed by atoms with Gasteiger partial charge in [-0.3, -0.25) is 14.4 Å². The number of alkyl halides is 1. The lowest BCUT2D eigenvalue weighted by atomic mass is 9.70. The molecule has 0 aliphatic carbocycles. The number of methoxy groups -OCH3 is 1. The second-order valence-corrected chi connectivity index (χ2v) is 14.6. The number of carbonyl (C=O) groups excluding carboxylic acids is 3. The average Bonchev–Trinajstić information content (AvgIpc) is 3.64. The molecule has 240 valence electrons. The molecule has 1 spiro atoms. The van der Waals surface area contributed by atoms with Gasteiger partial charge in [-0.1, -0.05) is 58.4 Å². The van der Waals surface area contributed by atoms with Crippen molar-refractivity contribution in [3.05, 3.63) is 85.5 Å². The third-order valence-electron chi connectivity index (χ3n) is 9.20. The second kappa shape index (κ2) is 14.6. The molecule has 10 heteroatoms. The van der Waals surface area contributed by atoms with Gasteiger partial charge in [0.1, 0.15) is 11.8 Å². The van der Waals surface area contributed by atoms with Gasteiger partial charge < -0.3 is 24.5 Å². The number of likely N-dealkylation sites (tertiary alicyclic amines) is 1. The maximum Gasteiger partial charge on any atom is 0.251 e. The van der Waals surface area contributed by atoms with Crippen molar-refractivity contribution in [2.75, 3.05) is 38.3 Å². The standard InChI is InChI=1S/C35H42BrN3O5S/c1-4-18-37(23-24-12-8-6-9-13-24)32(41)28-29-33(42)39(20-10-7-11-21-40)31(35(29)22-27(36)30(28)45-35)34(43)38(19-5-2)25-14-16-26(44-3)17-15-25/h4-6,8-9,12-17,27-31,40H,1-2,7,10-11,18-23H2,3H3/t27?,28-,29+,30-,31?,35?/m1/s1. The number of aliphatic hydroxyl groups excluding tert-OH is 1. The van der Waals surface area contributed by atoms with E-state index >= 15 is 0 Å². The number of benzene rings is 2. The molecule has 0 radical (unpaired) electrons. The number of rotatable bonds is 15. The van der Waals surface area contributed by atoms with E-state index in [0.717, 1.165) is 12.0 Å². The minimum Gasteiger partial charge on any atom is -0.497 e. The highest BCUT2D eigenvalue weighted by Crippen LogP contribution is 2.68. The van der Waals surface area contributed by atoms with E-state index in [-0.39, 0.29) is 41.0 Å². The van der Waals surface area contributed by atoms with Crippen LogP contribution in [0.5, 0.6) is 5.75 Å².